The Hall–Kier alpha value is -1.03. The molecule has 1 aromatic heterocycles. The summed E-state index contributed by atoms with van der Waals surface area (Å²) in [5, 5.41) is 5.47. The highest BCUT2D eigenvalue weighted by molar-refractivity contribution is 9.10. The van der Waals surface area contributed by atoms with E-state index in [0.717, 1.165) is 27.1 Å². The summed E-state index contributed by atoms with van der Waals surface area (Å²) in [5.41, 5.74) is 2.36. The molecule has 0 amide bonds. The molecule has 20 heavy (non-hydrogen) atoms. The second-order valence-corrected chi connectivity index (χ2v) is 7.08. The van der Waals surface area contributed by atoms with E-state index in [1.54, 1.807) is 11.3 Å². The van der Waals surface area contributed by atoms with Crippen molar-refractivity contribution in [1.29, 1.82) is 0 Å². The van der Waals surface area contributed by atoms with Crippen LogP contribution >= 0.6 is 38.9 Å². The summed E-state index contributed by atoms with van der Waals surface area (Å²) in [6, 6.07) is 14.5. The first-order chi connectivity index (χ1) is 9.65. The van der Waals surface area contributed by atoms with Crippen molar-refractivity contribution < 1.29 is 0 Å². The van der Waals surface area contributed by atoms with Gasteiger partial charge < -0.3 is 5.32 Å². The maximum Gasteiger partial charge on any atom is 0.0642 e. The average Bonchev–Trinajstić information content (AvgIpc) is 2.77. The molecule has 0 atom stereocenters. The zero-order chi connectivity index (χ0) is 14.1. The van der Waals surface area contributed by atoms with E-state index in [2.05, 4.69) is 52.4 Å². The minimum absolute atomic E-state index is 0.746. The average molecular weight is 367 g/mol. The van der Waals surface area contributed by atoms with Gasteiger partial charge in [-0.25, -0.2) is 0 Å². The van der Waals surface area contributed by atoms with E-state index in [0.29, 0.717) is 0 Å². The molecule has 0 radical (unpaired) electrons. The molecule has 4 heteroatoms. The number of halogens is 2. The highest BCUT2D eigenvalue weighted by atomic mass is 79.9. The molecule has 3 rings (SSSR count). The summed E-state index contributed by atoms with van der Waals surface area (Å²) in [7, 11) is 0. The third-order valence-corrected chi connectivity index (χ3v) is 5.45. The summed E-state index contributed by atoms with van der Waals surface area (Å²) < 4.78 is 2.31. The van der Waals surface area contributed by atoms with Crippen LogP contribution in [0, 0.1) is 6.92 Å². The quantitative estimate of drug-likeness (QED) is 0.578. The zero-order valence-electron chi connectivity index (χ0n) is 10.9. The Morgan fingerprint density at radius 2 is 2.00 bits per heavy atom. The van der Waals surface area contributed by atoms with Crippen LogP contribution in [0.5, 0.6) is 0 Å². The smallest absolute Gasteiger partial charge is 0.0642 e. The SMILES string of the molecule is Cc1ccc(Br)cc1NCc1sc2ccccc2c1Cl. The Bertz CT molecular complexity index is 766. The number of hydrogen-bond acceptors (Lipinski definition) is 2. The zero-order valence-corrected chi connectivity index (χ0v) is 14.1. The van der Waals surface area contributed by atoms with Crippen LogP contribution in [0.15, 0.2) is 46.9 Å². The van der Waals surface area contributed by atoms with E-state index in [4.69, 9.17) is 11.6 Å². The van der Waals surface area contributed by atoms with Gasteiger partial charge in [0.05, 0.1) is 11.6 Å². The Labute approximate surface area is 135 Å². The lowest BCUT2D eigenvalue weighted by atomic mass is 10.2. The van der Waals surface area contributed by atoms with Gasteiger partial charge >= 0.3 is 0 Å². The van der Waals surface area contributed by atoms with Crippen molar-refractivity contribution in [3.8, 4) is 0 Å². The molecule has 0 spiro atoms. The minimum Gasteiger partial charge on any atom is -0.380 e. The van der Waals surface area contributed by atoms with E-state index in [9.17, 15) is 0 Å². The van der Waals surface area contributed by atoms with Crippen LogP contribution < -0.4 is 5.32 Å². The van der Waals surface area contributed by atoms with Crippen molar-refractivity contribution in [2.75, 3.05) is 5.32 Å². The van der Waals surface area contributed by atoms with Gasteiger partial charge in [0, 0.05) is 25.1 Å². The molecule has 0 aliphatic carbocycles. The Morgan fingerprint density at radius 1 is 1.20 bits per heavy atom. The molecule has 0 unspecified atom stereocenters. The Morgan fingerprint density at radius 3 is 2.80 bits per heavy atom. The number of hydrogen-bond donors (Lipinski definition) is 1. The highest BCUT2D eigenvalue weighted by Crippen LogP contribution is 2.35. The first-order valence-corrected chi connectivity index (χ1v) is 8.30. The van der Waals surface area contributed by atoms with Crippen LogP contribution in [-0.4, -0.2) is 0 Å². The number of anilines is 1. The van der Waals surface area contributed by atoms with Gasteiger partial charge in [0.1, 0.15) is 0 Å². The van der Waals surface area contributed by atoms with E-state index in [-0.39, 0.29) is 0 Å². The van der Waals surface area contributed by atoms with Gasteiger partial charge in [-0.05, 0) is 30.7 Å². The molecule has 0 aliphatic rings. The van der Waals surface area contributed by atoms with E-state index < -0.39 is 0 Å². The largest absolute Gasteiger partial charge is 0.380 e. The summed E-state index contributed by atoms with van der Waals surface area (Å²) in [6.45, 7) is 2.84. The van der Waals surface area contributed by atoms with Crippen LogP contribution in [0.25, 0.3) is 10.1 Å². The van der Waals surface area contributed by atoms with Gasteiger partial charge in [0.25, 0.3) is 0 Å². The summed E-state index contributed by atoms with van der Waals surface area (Å²) in [4.78, 5) is 1.17. The summed E-state index contributed by atoms with van der Waals surface area (Å²) >= 11 is 11.7. The number of aryl methyl sites for hydroxylation is 1. The van der Waals surface area contributed by atoms with Gasteiger partial charge in [-0.1, -0.05) is 51.8 Å². The molecule has 0 saturated carbocycles. The van der Waals surface area contributed by atoms with Crippen LogP contribution in [-0.2, 0) is 6.54 Å². The van der Waals surface area contributed by atoms with Crippen molar-refractivity contribution in [1.82, 2.24) is 0 Å². The topological polar surface area (TPSA) is 12.0 Å². The van der Waals surface area contributed by atoms with Crippen molar-refractivity contribution in [3.05, 3.63) is 62.4 Å². The maximum absolute atomic E-state index is 6.46. The predicted molar refractivity (Wildman–Crippen MR) is 93.0 cm³/mol. The minimum atomic E-state index is 0.746. The number of fused-ring (bicyclic) bond motifs is 1. The van der Waals surface area contributed by atoms with Crippen LogP contribution in [0.2, 0.25) is 5.02 Å². The highest BCUT2D eigenvalue weighted by Gasteiger charge is 2.09. The maximum atomic E-state index is 6.46. The molecular formula is C16H13BrClNS. The molecule has 1 heterocycles. The predicted octanol–water partition coefficient (Wildman–Crippen LogP) is 6.24. The van der Waals surface area contributed by atoms with Crippen LogP contribution in [0.3, 0.4) is 0 Å². The second-order valence-electron chi connectivity index (χ2n) is 4.65. The van der Waals surface area contributed by atoms with Gasteiger partial charge in [-0.2, -0.15) is 0 Å². The van der Waals surface area contributed by atoms with Crippen molar-refractivity contribution in [2.24, 2.45) is 0 Å². The van der Waals surface area contributed by atoms with E-state index >= 15 is 0 Å². The first kappa shape index (κ1) is 13.9. The fourth-order valence-electron chi connectivity index (χ4n) is 2.14. The van der Waals surface area contributed by atoms with E-state index in [1.807, 2.05) is 18.2 Å². The molecule has 0 aliphatic heterocycles. The monoisotopic (exact) mass is 365 g/mol. The lowest BCUT2D eigenvalue weighted by Gasteiger charge is -2.09. The normalized spacial score (nSPS) is 10.9. The Kier molecular flexibility index (Phi) is 4.01. The number of nitrogens with one attached hydrogen (secondary N) is 1. The third-order valence-electron chi connectivity index (χ3n) is 3.24. The standard InChI is InChI=1S/C16H13BrClNS/c1-10-6-7-11(17)8-13(10)19-9-15-16(18)12-4-2-3-5-14(12)20-15/h2-8,19H,9H2,1H3. The van der Waals surface area contributed by atoms with Crippen molar-refractivity contribution in [3.63, 3.8) is 0 Å². The summed E-state index contributed by atoms with van der Waals surface area (Å²) in [5.74, 6) is 0. The molecule has 0 fully saturated rings. The molecule has 0 bridgehead atoms. The third kappa shape index (κ3) is 2.71. The van der Waals surface area contributed by atoms with Crippen molar-refractivity contribution in [2.45, 2.75) is 13.5 Å². The number of rotatable bonds is 3. The molecule has 2 aromatic carbocycles. The molecule has 1 N–H and O–H groups in total. The van der Waals surface area contributed by atoms with Crippen LogP contribution in [0.4, 0.5) is 5.69 Å². The van der Waals surface area contributed by atoms with Crippen molar-refractivity contribution >= 4 is 54.6 Å². The van der Waals surface area contributed by atoms with Gasteiger partial charge in [0.2, 0.25) is 0 Å². The molecule has 102 valence electrons. The summed E-state index contributed by atoms with van der Waals surface area (Å²) in [6.07, 6.45) is 0. The Balaban J connectivity index is 1.87. The van der Waals surface area contributed by atoms with Gasteiger partial charge in [0.15, 0.2) is 0 Å². The fourth-order valence-corrected chi connectivity index (χ4v) is 3.94. The lowest BCUT2D eigenvalue weighted by molar-refractivity contribution is 1.18. The van der Waals surface area contributed by atoms with E-state index in [1.165, 1.54) is 15.1 Å². The molecule has 3 aromatic rings. The number of benzene rings is 2. The number of thiophene rings is 1. The van der Waals surface area contributed by atoms with Gasteiger partial charge in [-0.15, -0.1) is 11.3 Å². The molecule has 0 saturated heterocycles. The lowest BCUT2D eigenvalue weighted by Crippen LogP contribution is -1.99. The molecule has 1 nitrogen and oxygen atoms in total. The van der Waals surface area contributed by atoms with Gasteiger partial charge in [-0.3, -0.25) is 0 Å². The fraction of sp³-hybridized carbons (Fsp3) is 0.125. The van der Waals surface area contributed by atoms with Crippen LogP contribution in [0.1, 0.15) is 10.4 Å². The first-order valence-electron chi connectivity index (χ1n) is 6.31. The molecular weight excluding hydrogens is 354 g/mol. The second kappa shape index (κ2) is 5.76.